The number of carbonyl (C=O) groups is 1. The second-order valence-corrected chi connectivity index (χ2v) is 8.05. The highest BCUT2D eigenvalue weighted by Gasteiger charge is 2.20. The van der Waals surface area contributed by atoms with Crippen LogP contribution in [0.4, 0.5) is 0 Å². The van der Waals surface area contributed by atoms with Crippen LogP contribution in [0.25, 0.3) is 5.69 Å². The normalized spacial score (nSPS) is 13.9. The van der Waals surface area contributed by atoms with Crippen molar-refractivity contribution in [1.29, 1.82) is 0 Å². The molecule has 1 fully saturated rings. The Bertz CT molecular complexity index is 986. The Morgan fingerprint density at radius 1 is 1.06 bits per heavy atom. The van der Waals surface area contributed by atoms with Crippen LogP contribution in [-0.4, -0.2) is 64.2 Å². The number of morpholine rings is 1. The Kier molecular flexibility index (Phi) is 7.22. The Hall–Kier alpha value is -2.84. The monoisotopic (exact) mass is 438 g/mol. The maximum Gasteiger partial charge on any atom is 0.233 e. The fourth-order valence-corrected chi connectivity index (χ4v) is 4.31. The van der Waals surface area contributed by atoms with Gasteiger partial charge in [0.1, 0.15) is 11.6 Å². The zero-order chi connectivity index (χ0) is 21.5. The van der Waals surface area contributed by atoms with Crippen LogP contribution in [0.3, 0.4) is 0 Å². The Morgan fingerprint density at radius 3 is 2.52 bits per heavy atom. The van der Waals surface area contributed by atoms with Gasteiger partial charge in [-0.1, -0.05) is 42.1 Å². The van der Waals surface area contributed by atoms with E-state index in [4.69, 9.17) is 9.47 Å². The third-order valence-corrected chi connectivity index (χ3v) is 5.91. The van der Waals surface area contributed by atoms with Gasteiger partial charge < -0.3 is 14.4 Å². The summed E-state index contributed by atoms with van der Waals surface area (Å²) < 4.78 is 12.9. The van der Waals surface area contributed by atoms with Crippen LogP contribution in [0.5, 0.6) is 5.75 Å². The molecule has 0 atom stereocenters. The van der Waals surface area contributed by atoms with Gasteiger partial charge in [0.2, 0.25) is 5.91 Å². The van der Waals surface area contributed by atoms with Crippen molar-refractivity contribution in [2.45, 2.75) is 18.5 Å². The molecule has 0 aliphatic carbocycles. The van der Waals surface area contributed by atoms with Crippen molar-refractivity contribution < 1.29 is 14.3 Å². The van der Waals surface area contributed by atoms with Gasteiger partial charge in [0.15, 0.2) is 5.16 Å². The molecule has 2 aromatic carbocycles. The SMILES string of the molecule is CCOc1ccc(-n2c(Cc3ccccc3)nnc2SCC(=O)N2CCOCC2)cc1. The number of thioether (sulfide) groups is 1. The second kappa shape index (κ2) is 10.5. The molecule has 0 unspecified atom stereocenters. The van der Waals surface area contributed by atoms with Crippen LogP contribution in [-0.2, 0) is 16.0 Å². The van der Waals surface area contributed by atoms with E-state index in [2.05, 4.69) is 22.3 Å². The van der Waals surface area contributed by atoms with Gasteiger partial charge in [0.25, 0.3) is 0 Å². The van der Waals surface area contributed by atoms with Gasteiger partial charge in [-0.3, -0.25) is 9.36 Å². The number of nitrogens with zero attached hydrogens (tertiary/aromatic N) is 4. The van der Waals surface area contributed by atoms with Gasteiger partial charge in [-0.05, 0) is 36.8 Å². The predicted molar refractivity (Wildman–Crippen MR) is 120 cm³/mol. The summed E-state index contributed by atoms with van der Waals surface area (Å²) in [6, 6.07) is 18.1. The van der Waals surface area contributed by atoms with Gasteiger partial charge in [-0.15, -0.1) is 10.2 Å². The van der Waals surface area contributed by atoms with E-state index >= 15 is 0 Å². The molecule has 1 amide bonds. The van der Waals surface area contributed by atoms with Crippen molar-refractivity contribution in [3.63, 3.8) is 0 Å². The first-order valence-electron chi connectivity index (χ1n) is 10.4. The second-order valence-electron chi connectivity index (χ2n) is 7.11. The number of aromatic nitrogens is 3. The minimum absolute atomic E-state index is 0.0964. The summed E-state index contributed by atoms with van der Waals surface area (Å²) in [5, 5.41) is 9.57. The quantitative estimate of drug-likeness (QED) is 0.503. The zero-order valence-electron chi connectivity index (χ0n) is 17.6. The van der Waals surface area contributed by atoms with Gasteiger partial charge >= 0.3 is 0 Å². The molecule has 0 spiro atoms. The third-order valence-electron chi connectivity index (χ3n) is 5.00. The molecule has 1 aromatic heterocycles. The average molecular weight is 439 g/mol. The number of benzene rings is 2. The molecular formula is C23H26N4O3S. The standard InChI is InChI=1S/C23H26N4O3S/c1-2-30-20-10-8-19(9-11-20)27-21(16-18-6-4-3-5-7-18)24-25-23(27)31-17-22(28)26-12-14-29-15-13-26/h3-11H,2,12-17H2,1H3. The van der Waals surface area contributed by atoms with Gasteiger partial charge in [0.05, 0.1) is 25.6 Å². The van der Waals surface area contributed by atoms with E-state index in [0.717, 1.165) is 22.8 Å². The van der Waals surface area contributed by atoms with Crippen LogP contribution < -0.4 is 4.74 Å². The third kappa shape index (κ3) is 5.45. The summed E-state index contributed by atoms with van der Waals surface area (Å²) >= 11 is 1.42. The smallest absolute Gasteiger partial charge is 0.233 e. The van der Waals surface area contributed by atoms with Crippen LogP contribution >= 0.6 is 11.8 Å². The van der Waals surface area contributed by atoms with Crippen molar-refractivity contribution in [3.8, 4) is 11.4 Å². The number of hydrogen-bond donors (Lipinski definition) is 0. The molecule has 8 heteroatoms. The number of rotatable bonds is 8. The zero-order valence-corrected chi connectivity index (χ0v) is 18.4. The molecule has 162 valence electrons. The largest absolute Gasteiger partial charge is 0.494 e. The van der Waals surface area contributed by atoms with Crippen LogP contribution in [0.1, 0.15) is 18.3 Å². The summed E-state index contributed by atoms with van der Waals surface area (Å²) in [7, 11) is 0. The molecule has 0 bridgehead atoms. The van der Waals surface area contributed by atoms with E-state index in [1.165, 1.54) is 11.8 Å². The predicted octanol–water partition coefficient (Wildman–Crippen LogP) is 3.21. The fraction of sp³-hybridized carbons (Fsp3) is 0.348. The summed E-state index contributed by atoms with van der Waals surface area (Å²) in [5.74, 6) is 2.07. The maximum absolute atomic E-state index is 12.6. The number of amides is 1. The van der Waals surface area contributed by atoms with E-state index < -0.39 is 0 Å². The van der Waals surface area contributed by atoms with Crippen molar-refractivity contribution in [1.82, 2.24) is 19.7 Å². The maximum atomic E-state index is 12.6. The first-order valence-corrected chi connectivity index (χ1v) is 11.4. The molecule has 0 saturated carbocycles. The van der Waals surface area contributed by atoms with E-state index in [1.54, 1.807) is 0 Å². The number of carbonyl (C=O) groups excluding carboxylic acids is 1. The van der Waals surface area contributed by atoms with Crippen molar-refractivity contribution in [2.24, 2.45) is 0 Å². The molecule has 31 heavy (non-hydrogen) atoms. The molecule has 7 nitrogen and oxygen atoms in total. The molecule has 4 rings (SSSR count). The molecule has 1 saturated heterocycles. The van der Waals surface area contributed by atoms with Crippen molar-refractivity contribution in [3.05, 3.63) is 66.0 Å². The number of ether oxygens (including phenoxy) is 2. The molecular weight excluding hydrogens is 412 g/mol. The lowest BCUT2D eigenvalue weighted by Crippen LogP contribution is -2.41. The van der Waals surface area contributed by atoms with E-state index in [1.807, 2.05) is 58.9 Å². The van der Waals surface area contributed by atoms with E-state index in [-0.39, 0.29) is 5.91 Å². The van der Waals surface area contributed by atoms with Gasteiger partial charge in [-0.2, -0.15) is 0 Å². The molecule has 0 N–H and O–H groups in total. The highest BCUT2D eigenvalue weighted by Crippen LogP contribution is 2.25. The van der Waals surface area contributed by atoms with E-state index in [9.17, 15) is 4.79 Å². The summed E-state index contributed by atoms with van der Waals surface area (Å²) in [6.45, 7) is 5.07. The minimum Gasteiger partial charge on any atom is -0.494 e. The van der Waals surface area contributed by atoms with Crippen molar-refractivity contribution >= 4 is 17.7 Å². The number of hydrogen-bond acceptors (Lipinski definition) is 6. The summed E-state index contributed by atoms with van der Waals surface area (Å²) in [4.78, 5) is 14.5. The lowest BCUT2D eigenvalue weighted by Gasteiger charge is -2.26. The summed E-state index contributed by atoms with van der Waals surface area (Å²) in [6.07, 6.45) is 0.652. The van der Waals surface area contributed by atoms with E-state index in [0.29, 0.717) is 50.2 Å². The highest BCUT2D eigenvalue weighted by molar-refractivity contribution is 7.99. The highest BCUT2D eigenvalue weighted by atomic mass is 32.2. The van der Waals surface area contributed by atoms with Crippen LogP contribution in [0, 0.1) is 0 Å². The first kappa shape index (κ1) is 21.4. The Morgan fingerprint density at radius 2 is 1.81 bits per heavy atom. The lowest BCUT2D eigenvalue weighted by molar-refractivity contribution is -0.132. The molecule has 1 aliphatic heterocycles. The summed E-state index contributed by atoms with van der Waals surface area (Å²) in [5.41, 5.74) is 2.10. The molecule has 1 aliphatic rings. The van der Waals surface area contributed by atoms with Gasteiger partial charge in [-0.25, -0.2) is 0 Å². The molecule has 2 heterocycles. The average Bonchev–Trinajstić information content (AvgIpc) is 3.21. The molecule has 0 radical (unpaired) electrons. The van der Waals surface area contributed by atoms with Gasteiger partial charge in [0, 0.05) is 25.2 Å². The Labute approximate surface area is 186 Å². The lowest BCUT2D eigenvalue weighted by atomic mass is 10.1. The van der Waals surface area contributed by atoms with Crippen LogP contribution in [0.2, 0.25) is 0 Å². The molecule has 3 aromatic rings. The topological polar surface area (TPSA) is 69.5 Å². The fourth-order valence-electron chi connectivity index (χ4n) is 3.43. The Balaban J connectivity index is 1.57. The van der Waals surface area contributed by atoms with Crippen LogP contribution in [0.15, 0.2) is 59.8 Å². The minimum atomic E-state index is 0.0964. The van der Waals surface area contributed by atoms with Crippen molar-refractivity contribution in [2.75, 3.05) is 38.7 Å². The first-order chi connectivity index (χ1) is 15.2.